The van der Waals surface area contributed by atoms with Gasteiger partial charge in [-0.3, -0.25) is 19.2 Å². The second-order valence-corrected chi connectivity index (χ2v) is 6.90. The number of nitrogens with zero attached hydrogens (tertiary/aromatic N) is 4. The number of amides is 1. The number of aromatic nitrogens is 2. The van der Waals surface area contributed by atoms with Gasteiger partial charge in [-0.1, -0.05) is 29.3 Å². The van der Waals surface area contributed by atoms with Crippen LogP contribution in [0, 0.1) is 0 Å². The minimum absolute atomic E-state index is 0.142. The van der Waals surface area contributed by atoms with Crippen LogP contribution in [0.5, 0.6) is 0 Å². The van der Waals surface area contributed by atoms with Crippen LogP contribution in [-0.2, 0) is 17.9 Å². The molecule has 0 bridgehead atoms. The van der Waals surface area contributed by atoms with E-state index in [2.05, 4.69) is 10.00 Å². The van der Waals surface area contributed by atoms with Gasteiger partial charge in [0.2, 0.25) is 0 Å². The normalized spacial score (nSPS) is 15.2. The molecule has 0 unspecified atom stereocenters. The highest BCUT2D eigenvalue weighted by Crippen LogP contribution is 2.26. The second-order valence-electron chi connectivity index (χ2n) is 6.09. The van der Waals surface area contributed by atoms with Crippen molar-refractivity contribution in [1.29, 1.82) is 0 Å². The lowest BCUT2D eigenvalue weighted by atomic mass is 10.2. The Morgan fingerprint density at radius 2 is 1.77 bits per heavy atom. The minimum atomic E-state index is -1.00. The number of hydrogen-bond acceptors (Lipinski definition) is 4. The van der Waals surface area contributed by atoms with Crippen LogP contribution in [0.25, 0.3) is 0 Å². The molecule has 1 aliphatic rings. The number of carbonyl (C=O) groups is 2. The van der Waals surface area contributed by atoms with Crippen molar-refractivity contribution in [1.82, 2.24) is 19.6 Å². The van der Waals surface area contributed by atoms with Crippen molar-refractivity contribution in [2.45, 2.75) is 13.1 Å². The van der Waals surface area contributed by atoms with E-state index in [1.54, 1.807) is 4.90 Å². The first-order chi connectivity index (χ1) is 12.4. The standard InChI is InChI=1S/C17H18Cl2N4O3/c18-14-2-1-3-15(19)13(14)10-21-4-6-22(7-5-21)17(26)12-8-20-23(9-12)11-16(24)25/h1-3,8-9H,4-7,10-11H2,(H,24,25). The largest absolute Gasteiger partial charge is 0.480 e. The lowest BCUT2D eigenvalue weighted by Gasteiger charge is -2.34. The number of aliphatic carboxylic acids is 1. The first kappa shape index (κ1) is 18.7. The molecular weight excluding hydrogens is 379 g/mol. The van der Waals surface area contributed by atoms with E-state index in [9.17, 15) is 9.59 Å². The maximum atomic E-state index is 12.5. The smallest absolute Gasteiger partial charge is 0.325 e. The summed E-state index contributed by atoms with van der Waals surface area (Å²) in [6.07, 6.45) is 2.87. The highest BCUT2D eigenvalue weighted by Gasteiger charge is 2.24. The summed E-state index contributed by atoms with van der Waals surface area (Å²) in [6.45, 7) is 2.93. The quantitative estimate of drug-likeness (QED) is 0.837. The van der Waals surface area contributed by atoms with E-state index in [4.69, 9.17) is 28.3 Å². The Hall–Kier alpha value is -2.09. The summed E-state index contributed by atoms with van der Waals surface area (Å²) in [4.78, 5) is 27.2. The van der Waals surface area contributed by atoms with Crippen molar-refractivity contribution in [3.05, 3.63) is 51.8 Å². The van der Waals surface area contributed by atoms with Crippen LogP contribution in [0.15, 0.2) is 30.6 Å². The second kappa shape index (κ2) is 8.07. The van der Waals surface area contributed by atoms with Gasteiger partial charge in [0.25, 0.3) is 5.91 Å². The van der Waals surface area contributed by atoms with Gasteiger partial charge in [0.1, 0.15) is 6.54 Å². The summed E-state index contributed by atoms with van der Waals surface area (Å²) >= 11 is 12.4. The number of halogens is 2. The van der Waals surface area contributed by atoms with E-state index in [1.165, 1.54) is 17.1 Å². The lowest BCUT2D eigenvalue weighted by molar-refractivity contribution is -0.137. The van der Waals surface area contributed by atoms with Crippen molar-refractivity contribution >= 4 is 35.1 Å². The third kappa shape index (κ3) is 4.35. The van der Waals surface area contributed by atoms with Crippen molar-refractivity contribution in [2.24, 2.45) is 0 Å². The van der Waals surface area contributed by atoms with Gasteiger partial charge in [0, 0.05) is 54.5 Å². The number of carboxylic acids is 1. The molecule has 0 radical (unpaired) electrons. The average molecular weight is 397 g/mol. The van der Waals surface area contributed by atoms with Crippen LogP contribution in [0.1, 0.15) is 15.9 Å². The Balaban J connectivity index is 1.57. The molecule has 1 aliphatic heterocycles. The molecule has 0 atom stereocenters. The van der Waals surface area contributed by atoms with Gasteiger partial charge < -0.3 is 10.0 Å². The number of carboxylic acid groups (broad SMARTS) is 1. The van der Waals surface area contributed by atoms with Gasteiger partial charge in [-0.25, -0.2) is 0 Å². The minimum Gasteiger partial charge on any atom is -0.480 e. The molecule has 1 amide bonds. The summed E-state index contributed by atoms with van der Waals surface area (Å²) in [7, 11) is 0. The maximum Gasteiger partial charge on any atom is 0.325 e. The first-order valence-electron chi connectivity index (χ1n) is 8.13. The molecule has 9 heteroatoms. The van der Waals surface area contributed by atoms with Gasteiger partial charge in [-0.2, -0.15) is 5.10 Å². The molecule has 0 saturated carbocycles. The molecule has 0 aliphatic carbocycles. The molecule has 1 fully saturated rings. The third-order valence-electron chi connectivity index (χ3n) is 4.28. The van der Waals surface area contributed by atoms with Crippen LogP contribution >= 0.6 is 23.2 Å². The highest BCUT2D eigenvalue weighted by atomic mass is 35.5. The number of rotatable bonds is 5. The Morgan fingerprint density at radius 3 is 2.38 bits per heavy atom. The number of benzene rings is 1. The molecule has 1 N–H and O–H groups in total. The number of carbonyl (C=O) groups excluding carboxylic acids is 1. The SMILES string of the molecule is O=C(O)Cn1cc(C(=O)N2CCN(Cc3c(Cl)cccc3Cl)CC2)cn1. The van der Waals surface area contributed by atoms with E-state index >= 15 is 0 Å². The van der Waals surface area contributed by atoms with Gasteiger partial charge in [0.05, 0.1) is 11.8 Å². The van der Waals surface area contributed by atoms with Gasteiger partial charge in [-0.05, 0) is 12.1 Å². The topological polar surface area (TPSA) is 78.7 Å². The summed E-state index contributed by atoms with van der Waals surface area (Å²) < 4.78 is 1.24. The summed E-state index contributed by atoms with van der Waals surface area (Å²) in [5.41, 5.74) is 1.29. The van der Waals surface area contributed by atoms with E-state index in [0.29, 0.717) is 48.3 Å². The summed E-state index contributed by atoms with van der Waals surface area (Å²) in [6, 6.07) is 5.45. The van der Waals surface area contributed by atoms with Crippen LogP contribution in [0.2, 0.25) is 10.0 Å². The molecule has 138 valence electrons. The van der Waals surface area contributed by atoms with Crippen LogP contribution in [0.3, 0.4) is 0 Å². The maximum absolute atomic E-state index is 12.5. The lowest BCUT2D eigenvalue weighted by Crippen LogP contribution is -2.48. The number of hydrogen-bond donors (Lipinski definition) is 1. The van der Waals surface area contributed by atoms with Crippen molar-refractivity contribution < 1.29 is 14.7 Å². The zero-order valence-electron chi connectivity index (χ0n) is 13.9. The third-order valence-corrected chi connectivity index (χ3v) is 4.99. The van der Waals surface area contributed by atoms with E-state index < -0.39 is 5.97 Å². The van der Waals surface area contributed by atoms with E-state index in [0.717, 1.165) is 5.56 Å². The van der Waals surface area contributed by atoms with Crippen LogP contribution in [0.4, 0.5) is 0 Å². The van der Waals surface area contributed by atoms with E-state index in [1.807, 2.05) is 18.2 Å². The molecule has 1 aromatic carbocycles. The van der Waals surface area contributed by atoms with E-state index in [-0.39, 0.29) is 12.5 Å². The van der Waals surface area contributed by atoms with Crippen molar-refractivity contribution in [3.63, 3.8) is 0 Å². The Bertz CT molecular complexity index is 796. The molecule has 3 rings (SSSR count). The van der Waals surface area contributed by atoms with Gasteiger partial charge in [0.15, 0.2) is 0 Å². The van der Waals surface area contributed by atoms with Crippen LogP contribution < -0.4 is 0 Å². The molecule has 1 aromatic heterocycles. The van der Waals surface area contributed by atoms with Crippen molar-refractivity contribution in [3.8, 4) is 0 Å². The molecule has 0 spiro atoms. The predicted octanol–water partition coefficient (Wildman–Crippen LogP) is 2.23. The van der Waals surface area contributed by atoms with Crippen molar-refractivity contribution in [2.75, 3.05) is 26.2 Å². The molecule has 2 aromatic rings. The predicted molar refractivity (Wildman–Crippen MR) is 97.5 cm³/mol. The average Bonchev–Trinajstić information content (AvgIpc) is 3.06. The molecule has 26 heavy (non-hydrogen) atoms. The fourth-order valence-corrected chi connectivity index (χ4v) is 3.41. The Kier molecular flexibility index (Phi) is 5.80. The van der Waals surface area contributed by atoms with Gasteiger partial charge in [-0.15, -0.1) is 0 Å². The zero-order chi connectivity index (χ0) is 18.7. The first-order valence-corrected chi connectivity index (χ1v) is 8.88. The number of piperazine rings is 1. The Labute approximate surface area is 160 Å². The Morgan fingerprint density at radius 1 is 1.12 bits per heavy atom. The molecular formula is C17H18Cl2N4O3. The molecule has 1 saturated heterocycles. The zero-order valence-corrected chi connectivity index (χ0v) is 15.4. The molecule has 2 heterocycles. The fourth-order valence-electron chi connectivity index (χ4n) is 2.90. The fraction of sp³-hybridized carbons (Fsp3) is 0.353. The highest BCUT2D eigenvalue weighted by molar-refractivity contribution is 6.35. The van der Waals surface area contributed by atoms with Crippen LogP contribution in [-0.4, -0.2) is 62.7 Å². The molecule has 7 nitrogen and oxygen atoms in total. The summed E-state index contributed by atoms with van der Waals surface area (Å²) in [5, 5.41) is 14.0. The summed E-state index contributed by atoms with van der Waals surface area (Å²) in [5.74, 6) is -1.14. The monoisotopic (exact) mass is 396 g/mol. The van der Waals surface area contributed by atoms with Gasteiger partial charge >= 0.3 is 5.97 Å².